The molecular weight excluding hydrogens is 397 g/mol. The van der Waals surface area contributed by atoms with Crippen molar-refractivity contribution < 1.29 is 18.7 Å². The maximum absolute atomic E-state index is 12.9. The molecule has 1 atom stereocenters. The molecule has 1 heterocycles. The number of piperazine rings is 1. The molecule has 2 aromatic carbocycles. The fraction of sp³-hybridized carbons (Fsp3) is 0.417. The van der Waals surface area contributed by atoms with Gasteiger partial charge in [-0.25, -0.2) is 4.39 Å². The molecule has 7 heteroatoms. The Morgan fingerprint density at radius 2 is 1.71 bits per heavy atom. The number of halogens is 1. The summed E-state index contributed by atoms with van der Waals surface area (Å²) in [6.07, 6.45) is 0.632. The summed E-state index contributed by atoms with van der Waals surface area (Å²) in [6.45, 7) is 5.07. The van der Waals surface area contributed by atoms with Crippen LogP contribution < -0.4 is 15.0 Å². The van der Waals surface area contributed by atoms with Crippen LogP contribution in [0.2, 0.25) is 0 Å². The summed E-state index contributed by atoms with van der Waals surface area (Å²) in [5, 5.41) is 2.83. The van der Waals surface area contributed by atoms with Gasteiger partial charge < -0.3 is 19.9 Å². The molecule has 3 rings (SSSR count). The molecule has 0 aromatic heterocycles. The fourth-order valence-corrected chi connectivity index (χ4v) is 3.78. The van der Waals surface area contributed by atoms with Crippen LogP contribution in [0.3, 0.4) is 0 Å². The smallest absolute Gasteiger partial charge is 0.222 e. The van der Waals surface area contributed by atoms with E-state index in [9.17, 15) is 14.0 Å². The zero-order valence-corrected chi connectivity index (χ0v) is 18.1. The van der Waals surface area contributed by atoms with Gasteiger partial charge in [-0.05, 0) is 35.7 Å². The second kappa shape index (κ2) is 10.8. The lowest BCUT2D eigenvalue weighted by Crippen LogP contribution is -2.49. The second-order valence-corrected chi connectivity index (χ2v) is 7.96. The number of hydrogen-bond acceptors (Lipinski definition) is 4. The largest absolute Gasteiger partial charge is 0.495 e. The Morgan fingerprint density at radius 1 is 1.03 bits per heavy atom. The molecule has 1 saturated heterocycles. The first-order valence-corrected chi connectivity index (χ1v) is 10.6. The Labute approximate surface area is 183 Å². The summed E-state index contributed by atoms with van der Waals surface area (Å²) >= 11 is 0. The van der Waals surface area contributed by atoms with E-state index in [4.69, 9.17) is 4.74 Å². The van der Waals surface area contributed by atoms with Gasteiger partial charge in [0.25, 0.3) is 0 Å². The molecule has 1 unspecified atom stereocenters. The van der Waals surface area contributed by atoms with Gasteiger partial charge in [0.2, 0.25) is 11.8 Å². The lowest BCUT2D eigenvalue weighted by molar-refractivity contribution is -0.132. The van der Waals surface area contributed by atoms with Gasteiger partial charge in [-0.15, -0.1) is 0 Å². The van der Waals surface area contributed by atoms with E-state index < -0.39 is 0 Å². The number of amides is 2. The summed E-state index contributed by atoms with van der Waals surface area (Å²) in [6, 6.07) is 13.9. The number of hydrogen-bond donors (Lipinski definition) is 1. The van der Waals surface area contributed by atoms with Gasteiger partial charge in [0.05, 0.1) is 12.8 Å². The van der Waals surface area contributed by atoms with E-state index in [2.05, 4.69) is 10.2 Å². The molecule has 31 heavy (non-hydrogen) atoms. The number of methoxy groups -OCH3 is 1. The average Bonchev–Trinajstić information content (AvgIpc) is 2.78. The first kappa shape index (κ1) is 22.6. The van der Waals surface area contributed by atoms with Crippen LogP contribution in [0.5, 0.6) is 5.75 Å². The third-order valence-electron chi connectivity index (χ3n) is 5.52. The molecule has 1 aliphatic heterocycles. The Balaban J connectivity index is 1.40. The molecule has 0 radical (unpaired) electrons. The SMILES string of the molecule is COc1ccccc1N1CCN(C(=O)CC(C)CC(=O)NCc2ccc(F)cc2)CC1. The predicted molar refractivity (Wildman–Crippen MR) is 118 cm³/mol. The number of nitrogens with zero attached hydrogens (tertiary/aromatic N) is 2. The van der Waals surface area contributed by atoms with E-state index in [0.717, 1.165) is 30.1 Å². The van der Waals surface area contributed by atoms with E-state index in [-0.39, 0.29) is 30.0 Å². The summed E-state index contributed by atoms with van der Waals surface area (Å²) in [5.74, 6) is 0.464. The minimum absolute atomic E-state index is 0.0482. The summed E-state index contributed by atoms with van der Waals surface area (Å²) < 4.78 is 18.4. The number of para-hydroxylation sites is 2. The van der Waals surface area contributed by atoms with Crippen LogP contribution in [-0.2, 0) is 16.1 Å². The van der Waals surface area contributed by atoms with Crippen LogP contribution in [0.15, 0.2) is 48.5 Å². The highest BCUT2D eigenvalue weighted by molar-refractivity contribution is 5.79. The number of carbonyl (C=O) groups excluding carboxylic acids is 2. The third-order valence-corrected chi connectivity index (χ3v) is 5.52. The van der Waals surface area contributed by atoms with Gasteiger partial charge in [-0.1, -0.05) is 31.2 Å². The van der Waals surface area contributed by atoms with E-state index in [0.29, 0.717) is 26.1 Å². The highest BCUT2D eigenvalue weighted by Crippen LogP contribution is 2.28. The first-order valence-electron chi connectivity index (χ1n) is 10.6. The Morgan fingerprint density at radius 3 is 2.39 bits per heavy atom. The Bertz CT molecular complexity index is 880. The highest BCUT2D eigenvalue weighted by Gasteiger charge is 2.24. The molecule has 2 aromatic rings. The standard InChI is InChI=1S/C24H30FN3O3/c1-18(15-23(29)26-17-19-7-9-20(25)10-8-19)16-24(30)28-13-11-27(12-14-28)21-5-3-4-6-22(21)31-2/h3-10,18H,11-17H2,1-2H3,(H,26,29). The van der Waals surface area contributed by atoms with Gasteiger partial charge >= 0.3 is 0 Å². The minimum atomic E-state index is -0.300. The molecule has 1 N–H and O–H groups in total. The van der Waals surface area contributed by atoms with Crippen LogP contribution in [0.4, 0.5) is 10.1 Å². The lowest BCUT2D eigenvalue weighted by Gasteiger charge is -2.37. The minimum Gasteiger partial charge on any atom is -0.495 e. The van der Waals surface area contributed by atoms with Crippen LogP contribution in [0.25, 0.3) is 0 Å². The number of carbonyl (C=O) groups is 2. The predicted octanol–water partition coefficient (Wildman–Crippen LogP) is 3.22. The van der Waals surface area contributed by atoms with Crippen molar-refractivity contribution in [3.8, 4) is 5.75 Å². The van der Waals surface area contributed by atoms with Gasteiger partial charge in [0.1, 0.15) is 11.6 Å². The number of anilines is 1. The summed E-state index contributed by atoms with van der Waals surface area (Å²) in [7, 11) is 1.66. The maximum atomic E-state index is 12.9. The maximum Gasteiger partial charge on any atom is 0.222 e. The molecule has 0 spiro atoms. The van der Waals surface area contributed by atoms with Crippen molar-refractivity contribution in [1.82, 2.24) is 10.2 Å². The van der Waals surface area contributed by atoms with Crippen LogP contribution in [0.1, 0.15) is 25.3 Å². The topological polar surface area (TPSA) is 61.9 Å². The molecule has 0 bridgehead atoms. The van der Waals surface area contributed by atoms with Crippen molar-refractivity contribution in [3.05, 3.63) is 59.9 Å². The molecule has 2 amide bonds. The van der Waals surface area contributed by atoms with Crippen molar-refractivity contribution in [3.63, 3.8) is 0 Å². The highest BCUT2D eigenvalue weighted by atomic mass is 19.1. The van der Waals surface area contributed by atoms with Gasteiger partial charge in [0.15, 0.2) is 0 Å². The normalized spacial score (nSPS) is 14.8. The van der Waals surface area contributed by atoms with E-state index >= 15 is 0 Å². The zero-order chi connectivity index (χ0) is 22.2. The summed E-state index contributed by atoms with van der Waals surface area (Å²) in [4.78, 5) is 29.0. The van der Waals surface area contributed by atoms with Gasteiger partial charge in [-0.3, -0.25) is 9.59 Å². The molecule has 6 nitrogen and oxygen atoms in total. The third kappa shape index (κ3) is 6.44. The van der Waals surface area contributed by atoms with Gasteiger partial charge in [-0.2, -0.15) is 0 Å². The van der Waals surface area contributed by atoms with E-state index in [1.165, 1.54) is 12.1 Å². The lowest BCUT2D eigenvalue weighted by atomic mass is 10.0. The number of ether oxygens (including phenoxy) is 1. The molecule has 0 saturated carbocycles. The Kier molecular flexibility index (Phi) is 7.87. The van der Waals surface area contributed by atoms with Gasteiger partial charge in [0, 0.05) is 45.6 Å². The van der Waals surface area contributed by atoms with Crippen molar-refractivity contribution in [2.45, 2.75) is 26.3 Å². The van der Waals surface area contributed by atoms with E-state index in [1.807, 2.05) is 36.1 Å². The van der Waals surface area contributed by atoms with Crippen molar-refractivity contribution in [2.24, 2.45) is 5.92 Å². The quantitative estimate of drug-likeness (QED) is 0.703. The van der Waals surface area contributed by atoms with E-state index in [1.54, 1.807) is 19.2 Å². The van der Waals surface area contributed by atoms with Crippen molar-refractivity contribution >= 4 is 17.5 Å². The van der Waals surface area contributed by atoms with Crippen molar-refractivity contribution in [2.75, 3.05) is 38.2 Å². The fourth-order valence-electron chi connectivity index (χ4n) is 3.78. The van der Waals surface area contributed by atoms with Crippen molar-refractivity contribution in [1.29, 1.82) is 0 Å². The monoisotopic (exact) mass is 427 g/mol. The van der Waals surface area contributed by atoms with Crippen LogP contribution >= 0.6 is 0 Å². The first-order chi connectivity index (χ1) is 15.0. The average molecular weight is 428 g/mol. The Hall–Kier alpha value is -3.09. The molecule has 1 fully saturated rings. The van der Waals surface area contributed by atoms with Crippen LogP contribution in [0, 0.1) is 11.7 Å². The second-order valence-electron chi connectivity index (χ2n) is 7.96. The molecule has 1 aliphatic rings. The molecular formula is C24H30FN3O3. The molecule has 0 aliphatic carbocycles. The summed E-state index contributed by atoms with van der Waals surface area (Å²) in [5.41, 5.74) is 1.88. The number of rotatable bonds is 8. The van der Waals surface area contributed by atoms with Crippen LogP contribution in [-0.4, -0.2) is 50.0 Å². The number of benzene rings is 2. The molecule has 166 valence electrons. The number of nitrogens with one attached hydrogen (secondary N) is 1. The zero-order valence-electron chi connectivity index (χ0n) is 18.1.